The number of hydrogen-bond donors (Lipinski definition) is 1. The maximum atomic E-state index is 13.5. The molecule has 2 unspecified atom stereocenters. The highest BCUT2D eigenvalue weighted by Crippen LogP contribution is 2.24. The molecule has 1 aromatic rings. The lowest BCUT2D eigenvalue weighted by Gasteiger charge is -2.21. The second kappa shape index (κ2) is 5.82. The molecule has 1 rings (SSSR count). The Kier molecular flexibility index (Phi) is 4.71. The minimum atomic E-state index is -0.401. The van der Waals surface area contributed by atoms with Crippen molar-refractivity contribution >= 4 is 0 Å². The summed E-state index contributed by atoms with van der Waals surface area (Å²) in [6.45, 7) is 1.98. The van der Waals surface area contributed by atoms with Crippen LogP contribution in [0.5, 0.6) is 5.75 Å². The van der Waals surface area contributed by atoms with Gasteiger partial charge in [-0.15, -0.1) is 0 Å². The summed E-state index contributed by atoms with van der Waals surface area (Å²) in [4.78, 5) is 0. The third-order valence-corrected chi connectivity index (χ3v) is 2.67. The molecule has 2 atom stereocenters. The van der Waals surface area contributed by atoms with Crippen LogP contribution < -0.4 is 10.5 Å². The molecule has 0 saturated heterocycles. The van der Waals surface area contributed by atoms with Gasteiger partial charge in [0.2, 0.25) is 0 Å². The lowest BCUT2D eigenvalue weighted by atomic mass is 10.0. The predicted molar refractivity (Wildman–Crippen MR) is 61.0 cm³/mol. The molecule has 0 heterocycles. The second-order valence-electron chi connectivity index (χ2n) is 3.60. The number of halogens is 1. The van der Waals surface area contributed by atoms with Gasteiger partial charge in [-0.05, 0) is 24.1 Å². The Balaban J connectivity index is 2.91. The van der Waals surface area contributed by atoms with Gasteiger partial charge in [0.15, 0.2) is 11.6 Å². The van der Waals surface area contributed by atoms with Crippen molar-refractivity contribution in [1.29, 1.82) is 0 Å². The molecular formula is C12H18FNO2. The average molecular weight is 227 g/mol. The van der Waals surface area contributed by atoms with E-state index in [0.29, 0.717) is 5.56 Å². The van der Waals surface area contributed by atoms with Crippen molar-refractivity contribution in [3.05, 3.63) is 29.6 Å². The molecule has 0 aliphatic heterocycles. The normalized spacial score (nSPS) is 14.6. The van der Waals surface area contributed by atoms with Crippen LogP contribution in [0.4, 0.5) is 4.39 Å². The molecule has 0 aromatic heterocycles. The number of methoxy groups -OCH3 is 2. The van der Waals surface area contributed by atoms with Gasteiger partial charge in [-0.25, -0.2) is 4.39 Å². The minimum absolute atomic E-state index is 0.104. The van der Waals surface area contributed by atoms with E-state index < -0.39 is 5.82 Å². The Bertz CT molecular complexity index is 340. The Morgan fingerprint density at radius 2 is 2.06 bits per heavy atom. The van der Waals surface area contributed by atoms with E-state index in [-0.39, 0.29) is 17.9 Å². The summed E-state index contributed by atoms with van der Waals surface area (Å²) in [7, 11) is 3.04. The Labute approximate surface area is 95.4 Å². The molecule has 0 aliphatic rings. The van der Waals surface area contributed by atoms with Crippen molar-refractivity contribution in [3.63, 3.8) is 0 Å². The number of benzene rings is 1. The number of rotatable bonds is 5. The van der Waals surface area contributed by atoms with Crippen LogP contribution in [-0.2, 0) is 4.74 Å². The van der Waals surface area contributed by atoms with Gasteiger partial charge >= 0.3 is 0 Å². The second-order valence-corrected chi connectivity index (χ2v) is 3.60. The molecule has 0 amide bonds. The van der Waals surface area contributed by atoms with E-state index in [2.05, 4.69) is 0 Å². The molecule has 16 heavy (non-hydrogen) atoms. The highest BCUT2D eigenvalue weighted by atomic mass is 19.1. The van der Waals surface area contributed by atoms with Gasteiger partial charge in [-0.2, -0.15) is 0 Å². The lowest BCUT2D eigenvalue weighted by Crippen LogP contribution is -2.27. The van der Waals surface area contributed by atoms with Crippen LogP contribution >= 0.6 is 0 Å². The molecular weight excluding hydrogens is 209 g/mol. The first-order valence-corrected chi connectivity index (χ1v) is 5.25. The smallest absolute Gasteiger partial charge is 0.165 e. The summed E-state index contributed by atoms with van der Waals surface area (Å²) < 4.78 is 23.5. The Hall–Kier alpha value is -1.13. The fourth-order valence-corrected chi connectivity index (χ4v) is 1.67. The van der Waals surface area contributed by atoms with E-state index in [1.807, 2.05) is 6.92 Å². The summed E-state index contributed by atoms with van der Waals surface area (Å²) in [5, 5.41) is 0. The first kappa shape index (κ1) is 12.9. The van der Waals surface area contributed by atoms with Crippen LogP contribution in [0, 0.1) is 5.82 Å². The third-order valence-electron chi connectivity index (χ3n) is 2.67. The first-order valence-electron chi connectivity index (χ1n) is 5.25. The maximum absolute atomic E-state index is 13.5. The molecule has 1 aromatic carbocycles. The molecule has 90 valence electrons. The van der Waals surface area contributed by atoms with Gasteiger partial charge in [-0.3, -0.25) is 0 Å². The van der Waals surface area contributed by atoms with E-state index in [1.54, 1.807) is 19.2 Å². The van der Waals surface area contributed by atoms with Crippen LogP contribution in [-0.4, -0.2) is 20.3 Å². The molecule has 3 nitrogen and oxygen atoms in total. The first-order chi connectivity index (χ1) is 7.63. The molecule has 0 bridgehead atoms. The fraction of sp³-hybridized carbons (Fsp3) is 0.500. The zero-order chi connectivity index (χ0) is 12.1. The van der Waals surface area contributed by atoms with E-state index in [9.17, 15) is 4.39 Å². The Morgan fingerprint density at radius 1 is 1.38 bits per heavy atom. The van der Waals surface area contributed by atoms with Crippen molar-refractivity contribution < 1.29 is 13.9 Å². The van der Waals surface area contributed by atoms with Gasteiger partial charge < -0.3 is 15.2 Å². The summed E-state index contributed by atoms with van der Waals surface area (Å²) in [6.07, 6.45) is 0.679. The van der Waals surface area contributed by atoms with Crippen LogP contribution in [0.25, 0.3) is 0 Å². The summed E-state index contributed by atoms with van der Waals surface area (Å²) in [6, 6.07) is 4.40. The lowest BCUT2D eigenvalue weighted by molar-refractivity contribution is 0.0771. The highest BCUT2D eigenvalue weighted by Gasteiger charge is 2.18. The van der Waals surface area contributed by atoms with Crippen molar-refractivity contribution in [2.75, 3.05) is 14.2 Å². The van der Waals surface area contributed by atoms with E-state index >= 15 is 0 Å². The van der Waals surface area contributed by atoms with E-state index in [1.165, 1.54) is 13.2 Å². The van der Waals surface area contributed by atoms with Crippen molar-refractivity contribution in [1.82, 2.24) is 0 Å². The molecule has 0 radical (unpaired) electrons. The number of hydrogen-bond acceptors (Lipinski definition) is 3. The molecule has 0 saturated carbocycles. The standard InChI is InChI=1S/C12H18FNO2/c1-4-10(15-2)12(14)8-5-6-11(16-3)9(13)7-8/h5-7,10,12H,4,14H2,1-3H3. The van der Waals surface area contributed by atoms with Gasteiger partial charge in [0.1, 0.15) is 0 Å². The summed E-state index contributed by atoms with van der Waals surface area (Å²) in [5.41, 5.74) is 6.70. The van der Waals surface area contributed by atoms with Crippen molar-refractivity contribution in [2.24, 2.45) is 5.73 Å². The molecule has 0 aliphatic carbocycles. The predicted octanol–water partition coefficient (Wildman–Crippen LogP) is 2.26. The van der Waals surface area contributed by atoms with Crippen LogP contribution in [0.15, 0.2) is 18.2 Å². The number of nitrogens with two attached hydrogens (primary N) is 1. The summed E-state index contributed by atoms with van der Waals surface area (Å²) >= 11 is 0. The topological polar surface area (TPSA) is 44.5 Å². The van der Waals surface area contributed by atoms with Crippen molar-refractivity contribution in [2.45, 2.75) is 25.5 Å². The maximum Gasteiger partial charge on any atom is 0.165 e. The molecule has 2 N–H and O–H groups in total. The molecule has 0 fully saturated rings. The fourth-order valence-electron chi connectivity index (χ4n) is 1.67. The van der Waals surface area contributed by atoms with Gasteiger partial charge in [0, 0.05) is 7.11 Å². The van der Waals surface area contributed by atoms with Gasteiger partial charge in [0.25, 0.3) is 0 Å². The zero-order valence-electron chi connectivity index (χ0n) is 9.87. The molecule has 4 heteroatoms. The van der Waals surface area contributed by atoms with Gasteiger partial charge in [0.05, 0.1) is 19.3 Å². The van der Waals surface area contributed by atoms with Crippen LogP contribution in [0.2, 0.25) is 0 Å². The van der Waals surface area contributed by atoms with Crippen molar-refractivity contribution in [3.8, 4) is 5.75 Å². The molecule has 0 spiro atoms. The Morgan fingerprint density at radius 3 is 2.50 bits per heavy atom. The SMILES string of the molecule is CCC(OC)C(N)c1ccc(OC)c(F)c1. The quantitative estimate of drug-likeness (QED) is 0.839. The van der Waals surface area contributed by atoms with E-state index in [0.717, 1.165) is 6.42 Å². The highest BCUT2D eigenvalue weighted by molar-refractivity contribution is 5.31. The largest absolute Gasteiger partial charge is 0.494 e. The van der Waals surface area contributed by atoms with Gasteiger partial charge in [-0.1, -0.05) is 13.0 Å². The minimum Gasteiger partial charge on any atom is -0.494 e. The van der Waals surface area contributed by atoms with Crippen LogP contribution in [0.1, 0.15) is 24.9 Å². The summed E-state index contributed by atoms with van der Waals surface area (Å²) in [5.74, 6) is -0.178. The average Bonchev–Trinajstić information content (AvgIpc) is 2.30. The van der Waals surface area contributed by atoms with Crippen LogP contribution in [0.3, 0.4) is 0 Å². The monoisotopic (exact) mass is 227 g/mol. The number of ether oxygens (including phenoxy) is 2. The third kappa shape index (κ3) is 2.71. The van der Waals surface area contributed by atoms with E-state index in [4.69, 9.17) is 15.2 Å². The zero-order valence-corrected chi connectivity index (χ0v) is 9.87.